The fourth-order valence-electron chi connectivity index (χ4n) is 2.62. The number of hydrogen-bond donors (Lipinski definition) is 1. The van der Waals surface area contributed by atoms with Gasteiger partial charge in [0.15, 0.2) is 0 Å². The number of fused-ring (bicyclic) bond motifs is 1. The van der Waals surface area contributed by atoms with E-state index < -0.39 is 0 Å². The summed E-state index contributed by atoms with van der Waals surface area (Å²) in [6.07, 6.45) is 2.82. The lowest BCUT2D eigenvalue weighted by Gasteiger charge is -2.28. The maximum Gasteiger partial charge on any atom is 0.254 e. The molecule has 0 bridgehead atoms. The van der Waals surface area contributed by atoms with Gasteiger partial charge >= 0.3 is 0 Å². The summed E-state index contributed by atoms with van der Waals surface area (Å²) in [5.74, 6) is -0.108. The zero-order valence-electron chi connectivity index (χ0n) is 12.2. The molecule has 108 valence electrons. The number of carbonyl (C=O) groups is 2. The predicted molar refractivity (Wildman–Crippen MR) is 78.6 cm³/mol. The first-order valence-electron chi connectivity index (χ1n) is 7.28. The van der Waals surface area contributed by atoms with E-state index in [2.05, 4.69) is 12.2 Å². The van der Waals surface area contributed by atoms with Gasteiger partial charge in [0.1, 0.15) is 0 Å². The Balaban J connectivity index is 1.95. The number of amides is 2. The first-order chi connectivity index (χ1) is 9.61. The van der Waals surface area contributed by atoms with Crippen molar-refractivity contribution in [1.29, 1.82) is 0 Å². The lowest BCUT2D eigenvalue weighted by molar-refractivity contribution is -0.122. The van der Waals surface area contributed by atoms with Gasteiger partial charge in [-0.25, -0.2) is 0 Å². The highest BCUT2D eigenvalue weighted by Crippen LogP contribution is 2.18. The third kappa shape index (κ3) is 3.38. The van der Waals surface area contributed by atoms with Gasteiger partial charge < -0.3 is 10.2 Å². The van der Waals surface area contributed by atoms with Crippen LogP contribution in [0.4, 0.5) is 0 Å². The van der Waals surface area contributed by atoms with Crippen LogP contribution in [0.25, 0.3) is 0 Å². The van der Waals surface area contributed by atoms with Gasteiger partial charge in [0.2, 0.25) is 5.91 Å². The highest BCUT2D eigenvalue weighted by molar-refractivity contribution is 5.98. The topological polar surface area (TPSA) is 49.4 Å². The minimum absolute atomic E-state index is 0.0369. The van der Waals surface area contributed by atoms with Gasteiger partial charge in [0, 0.05) is 18.2 Å². The van der Waals surface area contributed by atoms with Crippen molar-refractivity contribution in [2.24, 2.45) is 0 Å². The van der Waals surface area contributed by atoms with Gasteiger partial charge in [0.05, 0.1) is 6.54 Å². The Morgan fingerprint density at radius 1 is 1.40 bits per heavy atom. The molecule has 1 aromatic rings. The van der Waals surface area contributed by atoms with Gasteiger partial charge in [-0.2, -0.15) is 0 Å². The molecule has 1 aliphatic heterocycles. The molecule has 1 atom stereocenters. The average molecular weight is 274 g/mol. The molecule has 0 saturated heterocycles. The Labute approximate surface area is 120 Å². The number of nitrogens with one attached hydrogen (secondary N) is 1. The van der Waals surface area contributed by atoms with Gasteiger partial charge in [-0.15, -0.1) is 0 Å². The van der Waals surface area contributed by atoms with Crippen molar-refractivity contribution in [3.05, 3.63) is 35.4 Å². The van der Waals surface area contributed by atoms with E-state index in [1.807, 2.05) is 31.2 Å². The fraction of sp³-hybridized carbons (Fsp3) is 0.500. The van der Waals surface area contributed by atoms with E-state index in [0.717, 1.165) is 30.4 Å². The molecule has 0 aliphatic carbocycles. The van der Waals surface area contributed by atoms with Crippen molar-refractivity contribution in [3.8, 4) is 0 Å². The molecule has 1 unspecified atom stereocenters. The van der Waals surface area contributed by atoms with Crippen LogP contribution in [0, 0.1) is 0 Å². The number of carbonyl (C=O) groups excluding carboxylic acids is 2. The van der Waals surface area contributed by atoms with E-state index in [4.69, 9.17) is 0 Å². The van der Waals surface area contributed by atoms with Crippen LogP contribution in [0.3, 0.4) is 0 Å². The average Bonchev–Trinajstić information content (AvgIpc) is 2.42. The zero-order chi connectivity index (χ0) is 14.5. The summed E-state index contributed by atoms with van der Waals surface area (Å²) in [5.41, 5.74) is 1.81. The molecule has 20 heavy (non-hydrogen) atoms. The Morgan fingerprint density at radius 3 is 2.90 bits per heavy atom. The number of benzene rings is 1. The minimum atomic E-state index is -0.0707. The fourth-order valence-corrected chi connectivity index (χ4v) is 2.62. The van der Waals surface area contributed by atoms with Crippen molar-refractivity contribution in [3.63, 3.8) is 0 Å². The molecule has 0 saturated carbocycles. The molecule has 1 aromatic carbocycles. The van der Waals surface area contributed by atoms with Gasteiger partial charge in [0.25, 0.3) is 5.91 Å². The highest BCUT2D eigenvalue weighted by Gasteiger charge is 2.25. The molecule has 4 nitrogen and oxygen atoms in total. The molecule has 1 N–H and O–H groups in total. The molecule has 0 aromatic heterocycles. The van der Waals surface area contributed by atoms with E-state index >= 15 is 0 Å². The van der Waals surface area contributed by atoms with Gasteiger partial charge in [-0.1, -0.05) is 31.5 Å². The number of hydrogen-bond acceptors (Lipinski definition) is 2. The van der Waals surface area contributed by atoms with Crippen LogP contribution in [0.2, 0.25) is 0 Å². The molecule has 2 amide bonds. The lowest BCUT2D eigenvalue weighted by atomic mass is 9.99. The van der Waals surface area contributed by atoms with Crippen molar-refractivity contribution in [1.82, 2.24) is 10.2 Å². The van der Waals surface area contributed by atoms with E-state index in [-0.39, 0.29) is 24.4 Å². The third-order valence-electron chi connectivity index (χ3n) is 3.65. The van der Waals surface area contributed by atoms with Crippen LogP contribution in [0.15, 0.2) is 24.3 Å². The first kappa shape index (κ1) is 14.6. The summed E-state index contributed by atoms with van der Waals surface area (Å²) in [5, 5.41) is 2.94. The Kier molecular flexibility index (Phi) is 4.77. The lowest BCUT2D eigenvalue weighted by Crippen LogP contribution is -2.46. The SMILES string of the molecule is CCCC(C)NC(=O)CN1CCc2ccccc2C1=O. The van der Waals surface area contributed by atoms with Crippen molar-refractivity contribution >= 4 is 11.8 Å². The summed E-state index contributed by atoms with van der Waals surface area (Å²) in [7, 11) is 0. The second-order valence-electron chi connectivity index (χ2n) is 5.39. The Bertz CT molecular complexity index is 499. The Hall–Kier alpha value is -1.84. The van der Waals surface area contributed by atoms with Crippen molar-refractivity contribution < 1.29 is 9.59 Å². The standard InChI is InChI=1S/C16H22N2O2/c1-3-6-12(2)17-15(19)11-18-10-9-13-7-4-5-8-14(13)16(18)20/h4-5,7-8,12H,3,6,9-11H2,1-2H3,(H,17,19). The first-order valence-corrected chi connectivity index (χ1v) is 7.28. The summed E-state index contributed by atoms with van der Waals surface area (Å²) in [4.78, 5) is 25.9. The quantitative estimate of drug-likeness (QED) is 0.892. The second-order valence-corrected chi connectivity index (χ2v) is 5.39. The van der Waals surface area contributed by atoms with Crippen LogP contribution in [0.1, 0.15) is 42.6 Å². The summed E-state index contributed by atoms with van der Waals surface area (Å²) in [6, 6.07) is 7.79. The predicted octanol–water partition coefficient (Wildman–Crippen LogP) is 1.99. The third-order valence-corrected chi connectivity index (χ3v) is 3.65. The zero-order valence-corrected chi connectivity index (χ0v) is 12.2. The second kappa shape index (κ2) is 6.55. The largest absolute Gasteiger partial charge is 0.352 e. The monoisotopic (exact) mass is 274 g/mol. The molecular weight excluding hydrogens is 252 g/mol. The van der Waals surface area contributed by atoms with Crippen LogP contribution >= 0.6 is 0 Å². The van der Waals surface area contributed by atoms with E-state index in [1.165, 1.54) is 0 Å². The number of rotatable bonds is 5. The van der Waals surface area contributed by atoms with Gasteiger partial charge in [-0.3, -0.25) is 9.59 Å². The highest BCUT2D eigenvalue weighted by atomic mass is 16.2. The molecule has 0 spiro atoms. The van der Waals surface area contributed by atoms with E-state index in [9.17, 15) is 9.59 Å². The van der Waals surface area contributed by atoms with Crippen LogP contribution in [-0.4, -0.2) is 35.8 Å². The maximum atomic E-state index is 12.3. The van der Waals surface area contributed by atoms with Crippen LogP contribution < -0.4 is 5.32 Å². The molecule has 0 fully saturated rings. The number of nitrogens with zero attached hydrogens (tertiary/aromatic N) is 1. The minimum Gasteiger partial charge on any atom is -0.352 e. The van der Waals surface area contributed by atoms with E-state index in [1.54, 1.807) is 4.90 Å². The van der Waals surface area contributed by atoms with Gasteiger partial charge in [-0.05, 0) is 31.4 Å². The summed E-state index contributed by atoms with van der Waals surface area (Å²) in [6.45, 7) is 4.86. The molecule has 2 rings (SSSR count). The molecular formula is C16H22N2O2. The normalized spacial score (nSPS) is 15.7. The van der Waals surface area contributed by atoms with Crippen molar-refractivity contribution in [2.45, 2.75) is 39.2 Å². The van der Waals surface area contributed by atoms with Crippen molar-refractivity contribution in [2.75, 3.05) is 13.1 Å². The molecule has 1 aliphatic rings. The summed E-state index contributed by atoms with van der Waals surface area (Å²) < 4.78 is 0. The molecule has 0 radical (unpaired) electrons. The smallest absolute Gasteiger partial charge is 0.254 e. The van der Waals surface area contributed by atoms with Crippen LogP contribution in [-0.2, 0) is 11.2 Å². The maximum absolute atomic E-state index is 12.3. The Morgan fingerprint density at radius 2 is 2.15 bits per heavy atom. The summed E-state index contributed by atoms with van der Waals surface area (Å²) >= 11 is 0. The molecule has 4 heteroatoms. The molecule has 1 heterocycles. The van der Waals surface area contributed by atoms with Crippen LogP contribution in [0.5, 0.6) is 0 Å². The van der Waals surface area contributed by atoms with E-state index in [0.29, 0.717) is 6.54 Å².